The van der Waals surface area contributed by atoms with Crippen LogP contribution in [0.15, 0.2) is 42.5 Å². The van der Waals surface area contributed by atoms with Crippen LogP contribution in [0.3, 0.4) is 0 Å². The van der Waals surface area contributed by atoms with Gasteiger partial charge in [-0.25, -0.2) is 4.98 Å². The van der Waals surface area contributed by atoms with Gasteiger partial charge in [0, 0.05) is 0 Å². The number of halogens is 1. The molecule has 0 saturated carbocycles. The molecule has 1 heterocycles. The van der Waals surface area contributed by atoms with Crippen LogP contribution in [0.1, 0.15) is 23.6 Å². The van der Waals surface area contributed by atoms with Crippen LogP contribution in [0.4, 0.5) is 0 Å². The summed E-state index contributed by atoms with van der Waals surface area (Å²) in [6, 6.07) is 13.3. The normalized spacial score (nSPS) is 12.5. The molecular weight excluding hydrogens is 306 g/mol. The van der Waals surface area contributed by atoms with Gasteiger partial charge in [-0.1, -0.05) is 29.8 Å². The highest BCUT2D eigenvalue weighted by atomic mass is 35.5. The van der Waals surface area contributed by atoms with E-state index < -0.39 is 6.10 Å². The molecule has 21 heavy (non-hydrogen) atoms. The zero-order valence-corrected chi connectivity index (χ0v) is 13.0. The molecule has 0 radical (unpaired) electrons. The van der Waals surface area contributed by atoms with Crippen molar-refractivity contribution in [3.05, 3.63) is 58.1 Å². The molecule has 1 unspecified atom stereocenters. The Morgan fingerprint density at radius 2 is 2.10 bits per heavy atom. The second kappa shape index (κ2) is 6.02. The number of thiazole rings is 1. The number of para-hydroxylation sites is 1. The summed E-state index contributed by atoms with van der Waals surface area (Å²) in [5.41, 5.74) is 1.75. The first-order chi connectivity index (χ1) is 10.1. The number of benzene rings is 2. The van der Waals surface area contributed by atoms with E-state index >= 15 is 0 Å². The van der Waals surface area contributed by atoms with Gasteiger partial charge < -0.3 is 9.84 Å². The highest BCUT2D eigenvalue weighted by Crippen LogP contribution is 2.29. The van der Waals surface area contributed by atoms with Crippen LogP contribution in [-0.2, 0) is 6.61 Å². The highest BCUT2D eigenvalue weighted by Gasteiger charge is 2.08. The molecule has 0 aliphatic rings. The fourth-order valence-corrected chi connectivity index (χ4v) is 3.14. The molecule has 3 aromatic rings. The summed E-state index contributed by atoms with van der Waals surface area (Å²) in [6.45, 7) is 2.08. The van der Waals surface area contributed by atoms with Gasteiger partial charge in [0.05, 0.1) is 21.3 Å². The van der Waals surface area contributed by atoms with Gasteiger partial charge in [0.25, 0.3) is 0 Å². The Morgan fingerprint density at radius 3 is 2.81 bits per heavy atom. The number of nitrogens with zero attached hydrogens (tertiary/aromatic N) is 1. The largest absolute Gasteiger partial charge is 0.485 e. The Kier molecular flexibility index (Phi) is 4.10. The van der Waals surface area contributed by atoms with E-state index in [1.165, 1.54) is 0 Å². The summed E-state index contributed by atoms with van der Waals surface area (Å²) in [7, 11) is 0. The van der Waals surface area contributed by atoms with E-state index in [1.807, 2.05) is 30.3 Å². The molecule has 1 atom stereocenters. The Bertz CT molecular complexity index is 737. The van der Waals surface area contributed by atoms with Crippen LogP contribution in [0.25, 0.3) is 10.2 Å². The average molecular weight is 320 g/mol. The monoisotopic (exact) mass is 319 g/mol. The maximum Gasteiger partial charge on any atom is 0.140 e. The van der Waals surface area contributed by atoms with Crippen LogP contribution in [0.2, 0.25) is 5.02 Å². The molecule has 0 fully saturated rings. The average Bonchev–Trinajstić information content (AvgIpc) is 2.88. The first-order valence-corrected chi connectivity index (χ1v) is 7.77. The molecule has 1 aromatic heterocycles. The van der Waals surface area contributed by atoms with Crippen molar-refractivity contribution in [2.45, 2.75) is 19.6 Å². The summed E-state index contributed by atoms with van der Waals surface area (Å²) < 4.78 is 6.87. The van der Waals surface area contributed by atoms with Gasteiger partial charge >= 0.3 is 0 Å². The van der Waals surface area contributed by atoms with Crippen LogP contribution < -0.4 is 4.74 Å². The number of hydrogen-bond donors (Lipinski definition) is 1. The molecule has 3 rings (SSSR count). The maximum absolute atomic E-state index is 9.52. The van der Waals surface area contributed by atoms with Crippen molar-refractivity contribution in [1.29, 1.82) is 0 Å². The SMILES string of the molecule is CC(O)c1ccc(OCc2nc3ccccc3s2)c(Cl)c1. The van der Waals surface area contributed by atoms with Gasteiger partial charge in [-0.15, -0.1) is 11.3 Å². The summed E-state index contributed by atoms with van der Waals surface area (Å²) in [6.07, 6.45) is -0.541. The van der Waals surface area contributed by atoms with Crippen LogP contribution >= 0.6 is 22.9 Å². The number of ether oxygens (including phenoxy) is 1. The minimum atomic E-state index is -0.541. The molecule has 0 bridgehead atoms. The van der Waals surface area contributed by atoms with Crippen molar-refractivity contribution in [3.63, 3.8) is 0 Å². The van der Waals surface area contributed by atoms with Crippen molar-refractivity contribution in [1.82, 2.24) is 4.98 Å². The third-order valence-corrected chi connectivity index (χ3v) is 4.43. The molecule has 0 saturated heterocycles. The first-order valence-electron chi connectivity index (χ1n) is 6.58. The third kappa shape index (κ3) is 3.18. The zero-order chi connectivity index (χ0) is 14.8. The molecule has 0 amide bonds. The quantitative estimate of drug-likeness (QED) is 0.765. The summed E-state index contributed by atoms with van der Waals surface area (Å²) >= 11 is 7.78. The van der Waals surface area contributed by atoms with E-state index in [2.05, 4.69) is 4.98 Å². The van der Waals surface area contributed by atoms with E-state index in [0.29, 0.717) is 17.4 Å². The second-order valence-electron chi connectivity index (χ2n) is 4.73. The predicted molar refractivity (Wildman–Crippen MR) is 86.0 cm³/mol. The number of fused-ring (bicyclic) bond motifs is 1. The van der Waals surface area contributed by atoms with Gasteiger partial charge in [0.1, 0.15) is 17.4 Å². The molecule has 5 heteroatoms. The molecule has 2 aromatic carbocycles. The van der Waals surface area contributed by atoms with Crippen LogP contribution in [-0.4, -0.2) is 10.1 Å². The van der Waals surface area contributed by atoms with Crippen molar-refractivity contribution in [2.24, 2.45) is 0 Å². The lowest BCUT2D eigenvalue weighted by Gasteiger charge is -2.09. The number of aliphatic hydroxyl groups is 1. The standard InChI is InChI=1S/C16H14ClNO2S/c1-10(19)11-6-7-14(12(17)8-11)20-9-16-18-13-4-2-3-5-15(13)21-16/h2-8,10,19H,9H2,1H3. The molecular formula is C16H14ClNO2S. The fourth-order valence-electron chi connectivity index (χ4n) is 2.02. The Balaban J connectivity index is 1.75. The highest BCUT2D eigenvalue weighted by molar-refractivity contribution is 7.18. The van der Waals surface area contributed by atoms with Crippen molar-refractivity contribution < 1.29 is 9.84 Å². The predicted octanol–water partition coefficient (Wildman–Crippen LogP) is 4.58. The molecule has 0 aliphatic carbocycles. The molecule has 1 N–H and O–H groups in total. The first kappa shape index (κ1) is 14.3. The van der Waals surface area contributed by atoms with Gasteiger partial charge in [-0.2, -0.15) is 0 Å². The zero-order valence-electron chi connectivity index (χ0n) is 11.4. The molecule has 0 aliphatic heterocycles. The number of hydrogen-bond acceptors (Lipinski definition) is 4. The van der Waals surface area contributed by atoms with E-state index in [0.717, 1.165) is 20.8 Å². The Morgan fingerprint density at radius 1 is 1.29 bits per heavy atom. The van der Waals surface area contributed by atoms with Crippen molar-refractivity contribution >= 4 is 33.2 Å². The lowest BCUT2D eigenvalue weighted by molar-refractivity contribution is 0.199. The van der Waals surface area contributed by atoms with Gasteiger partial charge in [0.15, 0.2) is 0 Å². The van der Waals surface area contributed by atoms with Crippen molar-refractivity contribution in [3.8, 4) is 5.75 Å². The van der Waals surface area contributed by atoms with Gasteiger partial charge in [-0.05, 0) is 36.8 Å². The number of aliphatic hydroxyl groups excluding tert-OH is 1. The Hall–Kier alpha value is -1.62. The van der Waals surface area contributed by atoms with E-state index in [4.69, 9.17) is 16.3 Å². The van der Waals surface area contributed by atoms with Crippen LogP contribution in [0.5, 0.6) is 5.75 Å². The topological polar surface area (TPSA) is 42.4 Å². The molecule has 3 nitrogen and oxygen atoms in total. The van der Waals surface area contributed by atoms with E-state index in [9.17, 15) is 5.11 Å². The third-order valence-electron chi connectivity index (χ3n) is 3.13. The minimum absolute atomic E-state index is 0.382. The van der Waals surface area contributed by atoms with E-state index in [-0.39, 0.29) is 0 Å². The minimum Gasteiger partial charge on any atom is -0.485 e. The summed E-state index contributed by atoms with van der Waals surface area (Å²) in [5, 5.41) is 10.9. The molecule has 0 spiro atoms. The second-order valence-corrected chi connectivity index (χ2v) is 6.25. The maximum atomic E-state index is 9.52. The van der Waals surface area contributed by atoms with Crippen molar-refractivity contribution in [2.75, 3.05) is 0 Å². The summed E-state index contributed by atoms with van der Waals surface area (Å²) in [5.74, 6) is 0.598. The number of rotatable bonds is 4. The number of aromatic nitrogens is 1. The lowest BCUT2D eigenvalue weighted by Crippen LogP contribution is -1.97. The van der Waals surface area contributed by atoms with E-state index in [1.54, 1.807) is 30.4 Å². The fraction of sp³-hybridized carbons (Fsp3) is 0.188. The van der Waals surface area contributed by atoms with Crippen LogP contribution in [0, 0.1) is 0 Å². The summed E-state index contributed by atoms with van der Waals surface area (Å²) in [4.78, 5) is 4.51. The molecule has 108 valence electrons. The lowest BCUT2D eigenvalue weighted by atomic mass is 10.1. The van der Waals surface area contributed by atoms with Gasteiger partial charge in [-0.3, -0.25) is 0 Å². The smallest absolute Gasteiger partial charge is 0.140 e. The Labute approximate surface area is 131 Å². The van der Waals surface area contributed by atoms with Gasteiger partial charge in [0.2, 0.25) is 0 Å².